The van der Waals surface area contributed by atoms with Crippen molar-refractivity contribution in [3.05, 3.63) is 65.8 Å². The summed E-state index contributed by atoms with van der Waals surface area (Å²) >= 11 is 6.55. The summed E-state index contributed by atoms with van der Waals surface area (Å²) in [6, 6.07) is 15.2. The zero-order valence-electron chi connectivity index (χ0n) is 25.2. The van der Waals surface area contributed by atoms with Gasteiger partial charge in [-0.3, -0.25) is 4.79 Å². The van der Waals surface area contributed by atoms with E-state index in [4.69, 9.17) is 21.1 Å². The first-order valence-electron chi connectivity index (χ1n) is 14.4. The molecule has 2 heterocycles. The maximum atomic E-state index is 13.0. The highest BCUT2D eigenvalue weighted by Crippen LogP contribution is 2.41. The molecule has 0 aliphatic carbocycles. The van der Waals surface area contributed by atoms with Crippen molar-refractivity contribution < 1.29 is 27.8 Å². The maximum absolute atomic E-state index is 13.0. The molecular weight excluding hydrogens is 604 g/mol. The van der Waals surface area contributed by atoms with Crippen LogP contribution in [0.2, 0.25) is 5.02 Å². The predicted octanol–water partition coefficient (Wildman–Crippen LogP) is 6.53. The molecule has 1 aliphatic rings. The Morgan fingerprint density at radius 1 is 1.05 bits per heavy atom. The van der Waals surface area contributed by atoms with Crippen LogP contribution in [-0.4, -0.2) is 55.1 Å². The van der Waals surface area contributed by atoms with Gasteiger partial charge in [0.05, 0.1) is 51.5 Å². The molecule has 2 atom stereocenters. The molecule has 1 aliphatic heterocycles. The van der Waals surface area contributed by atoms with Crippen molar-refractivity contribution in [2.24, 2.45) is 0 Å². The number of methoxy groups -OCH3 is 1. The first-order chi connectivity index (χ1) is 20.9. The van der Waals surface area contributed by atoms with Crippen LogP contribution >= 0.6 is 11.6 Å². The quantitative estimate of drug-likeness (QED) is 0.143. The number of nitrogens with one attached hydrogen (secondary N) is 3. The molecule has 1 saturated heterocycles. The van der Waals surface area contributed by atoms with Gasteiger partial charge in [-0.25, -0.2) is 8.42 Å². The van der Waals surface area contributed by atoms with Gasteiger partial charge in [-0.15, -0.1) is 0 Å². The number of para-hydroxylation sites is 1. The second-order valence-corrected chi connectivity index (χ2v) is 14.3. The molecule has 12 heteroatoms. The third-order valence-electron chi connectivity index (χ3n) is 7.59. The largest absolute Gasteiger partial charge is 0.494 e. The fourth-order valence-electron chi connectivity index (χ4n) is 5.30. The molecule has 0 unspecified atom stereocenters. The van der Waals surface area contributed by atoms with E-state index in [-0.39, 0.29) is 28.9 Å². The van der Waals surface area contributed by atoms with Crippen molar-refractivity contribution in [2.75, 3.05) is 24.3 Å². The third-order valence-corrected chi connectivity index (χ3v) is 10.1. The van der Waals surface area contributed by atoms with Crippen LogP contribution in [0.1, 0.15) is 40.2 Å². The number of sulfone groups is 1. The van der Waals surface area contributed by atoms with Crippen LogP contribution in [0.3, 0.4) is 0 Å². The van der Waals surface area contributed by atoms with Gasteiger partial charge >= 0.3 is 5.97 Å². The smallest absolute Gasteiger partial charge is 0.322 e. The lowest BCUT2D eigenvalue weighted by molar-refractivity contribution is -0.142. The number of hydrogen-bond donors (Lipinski definition) is 4. The molecule has 4 aromatic rings. The SMILES string of the molecule is COC(=O)[C@@H]1C[C@H](n2cc3cc(OC(C)C)c(Nc4ccc(Cl)c(Nc5ccccc5S(=O)(=O)C(C)C)c4)cc3c2O)CN1. The van der Waals surface area contributed by atoms with Crippen molar-refractivity contribution in [3.63, 3.8) is 0 Å². The minimum absolute atomic E-state index is 0.0814. The van der Waals surface area contributed by atoms with Crippen LogP contribution in [0.15, 0.2) is 65.7 Å². The zero-order valence-corrected chi connectivity index (χ0v) is 26.8. The van der Waals surface area contributed by atoms with E-state index in [1.807, 2.05) is 32.2 Å². The molecule has 10 nitrogen and oxygen atoms in total. The number of hydrogen-bond acceptors (Lipinski definition) is 9. The topological polar surface area (TPSA) is 131 Å². The summed E-state index contributed by atoms with van der Waals surface area (Å²) in [4.78, 5) is 12.2. The molecule has 44 heavy (non-hydrogen) atoms. The molecule has 0 bridgehead atoms. The summed E-state index contributed by atoms with van der Waals surface area (Å²) in [7, 11) is -2.18. The van der Waals surface area contributed by atoms with Crippen molar-refractivity contribution in [1.29, 1.82) is 0 Å². The number of esters is 1. The van der Waals surface area contributed by atoms with Gasteiger partial charge in [-0.2, -0.15) is 0 Å². The number of carbonyl (C=O) groups is 1. The maximum Gasteiger partial charge on any atom is 0.322 e. The van der Waals surface area contributed by atoms with E-state index in [0.29, 0.717) is 51.9 Å². The fraction of sp³-hybridized carbons (Fsp3) is 0.344. The number of rotatable bonds is 10. The second kappa shape index (κ2) is 12.6. The summed E-state index contributed by atoms with van der Waals surface area (Å²) in [5, 5.41) is 22.2. The van der Waals surface area contributed by atoms with Crippen LogP contribution < -0.4 is 20.7 Å². The second-order valence-electron chi connectivity index (χ2n) is 11.4. The lowest BCUT2D eigenvalue weighted by atomic mass is 10.1. The number of aromatic hydroxyl groups is 1. The molecule has 0 saturated carbocycles. The van der Waals surface area contributed by atoms with Gasteiger partial charge in [0.2, 0.25) is 0 Å². The molecule has 1 fully saturated rings. The molecule has 0 spiro atoms. The Balaban J connectivity index is 1.48. The zero-order chi connectivity index (χ0) is 31.8. The number of benzene rings is 3. The van der Waals surface area contributed by atoms with Crippen molar-refractivity contribution >= 4 is 60.9 Å². The van der Waals surface area contributed by atoms with E-state index in [1.165, 1.54) is 7.11 Å². The van der Waals surface area contributed by atoms with E-state index < -0.39 is 21.1 Å². The third kappa shape index (κ3) is 6.31. The number of anilines is 4. The molecule has 0 radical (unpaired) electrons. The Labute approximate surface area is 262 Å². The van der Waals surface area contributed by atoms with E-state index >= 15 is 0 Å². The van der Waals surface area contributed by atoms with E-state index in [0.717, 1.165) is 5.39 Å². The van der Waals surface area contributed by atoms with Crippen LogP contribution in [0.25, 0.3) is 10.8 Å². The van der Waals surface area contributed by atoms with Gasteiger partial charge in [0.15, 0.2) is 15.7 Å². The molecule has 234 valence electrons. The molecule has 4 N–H and O–H groups in total. The number of fused-ring (bicyclic) bond motifs is 1. The monoisotopic (exact) mass is 640 g/mol. The van der Waals surface area contributed by atoms with E-state index in [9.17, 15) is 18.3 Å². The van der Waals surface area contributed by atoms with Gasteiger partial charge in [0, 0.05) is 29.2 Å². The normalized spacial score (nSPS) is 16.9. The first-order valence-corrected chi connectivity index (χ1v) is 16.3. The minimum atomic E-state index is -3.54. The van der Waals surface area contributed by atoms with Gasteiger partial charge in [0.1, 0.15) is 11.8 Å². The van der Waals surface area contributed by atoms with Crippen molar-refractivity contribution in [1.82, 2.24) is 9.88 Å². The Bertz CT molecular complexity index is 1800. The van der Waals surface area contributed by atoms with E-state index in [1.54, 1.807) is 60.9 Å². The highest BCUT2D eigenvalue weighted by Gasteiger charge is 2.32. The standard InChI is InChI=1S/C32H37ClN4O6S/c1-18(2)43-29-12-20-17-37(22-14-28(34-16-22)32(39)42-5)31(38)23(20)15-27(29)35-21-10-11-24(33)26(13-21)36-25-8-6-7-9-30(25)44(40,41)19(3)4/h6-13,15,17-19,22,28,34-36,38H,14,16H2,1-5H3/t22-,28-/m0/s1. The van der Waals surface area contributed by atoms with Crippen molar-refractivity contribution in [3.8, 4) is 11.6 Å². The van der Waals surface area contributed by atoms with Gasteiger partial charge in [0.25, 0.3) is 0 Å². The van der Waals surface area contributed by atoms with Gasteiger partial charge in [-0.1, -0.05) is 23.7 Å². The molecular formula is C32H37ClN4O6S. The summed E-state index contributed by atoms with van der Waals surface area (Å²) in [5.41, 5.74) is 2.21. The lowest BCUT2D eigenvalue weighted by Crippen LogP contribution is -2.31. The number of ether oxygens (including phenoxy) is 2. The molecule has 0 amide bonds. The van der Waals surface area contributed by atoms with Crippen LogP contribution in [0, 0.1) is 0 Å². The Morgan fingerprint density at radius 3 is 2.50 bits per heavy atom. The van der Waals surface area contributed by atoms with Gasteiger partial charge in [-0.05, 0) is 76.6 Å². The Kier molecular flexibility index (Phi) is 9.01. The Morgan fingerprint density at radius 2 is 1.80 bits per heavy atom. The van der Waals surface area contributed by atoms with Crippen LogP contribution in [-0.2, 0) is 19.4 Å². The average Bonchev–Trinajstić information content (AvgIpc) is 3.59. The summed E-state index contributed by atoms with van der Waals surface area (Å²) < 4.78 is 38.8. The number of nitrogens with zero attached hydrogens (tertiary/aromatic N) is 1. The lowest BCUT2D eigenvalue weighted by Gasteiger charge is -2.18. The number of halogens is 1. The van der Waals surface area contributed by atoms with Crippen molar-refractivity contribution in [2.45, 2.75) is 62.4 Å². The Hall–Kier alpha value is -3.93. The molecule has 3 aromatic carbocycles. The number of aromatic nitrogens is 1. The van der Waals surface area contributed by atoms with Gasteiger partial charge < -0.3 is 35.1 Å². The first kappa shape index (κ1) is 31.5. The molecule has 1 aromatic heterocycles. The van der Waals surface area contributed by atoms with E-state index in [2.05, 4.69) is 16.0 Å². The minimum Gasteiger partial charge on any atom is -0.494 e. The summed E-state index contributed by atoms with van der Waals surface area (Å²) in [5.74, 6) is 0.335. The summed E-state index contributed by atoms with van der Waals surface area (Å²) in [6.07, 6.45) is 2.23. The number of carbonyl (C=O) groups excluding carboxylic acids is 1. The summed E-state index contributed by atoms with van der Waals surface area (Å²) in [6.45, 7) is 7.67. The highest BCUT2D eigenvalue weighted by atomic mass is 35.5. The predicted molar refractivity (Wildman–Crippen MR) is 174 cm³/mol. The highest BCUT2D eigenvalue weighted by molar-refractivity contribution is 7.92. The average molecular weight is 641 g/mol. The van der Waals surface area contributed by atoms with Crippen LogP contribution in [0.5, 0.6) is 11.6 Å². The molecule has 5 rings (SSSR count). The van der Waals surface area contributed by atoms with Crippen LogP contribution in [0.4, 0.5) is 22.7 Å². The fourth-order valence-corrected chi connectivity index (χ4v) is 6.66.